The number of unbranched alkanes of at least 4 members (excludes halogenated alkanes) is 1. The highest BCUT2D eigenvalue weighted by molar-refractivity contribution is 6.21. The van der Waals surface area contributed by atoms with Gasteiger partial charge in [-0.15, -0.1) is 0 Å². The highest BCUT2D eigenvalue weighted by Gasteiger charge is 2.30. The van der Waals surface area contributed by atoms with Gasteiger partial charge in [0.15, 0.2) is 6.29 Å². The zero-order chi connectivity index (χ0) is 23.5. The molecule has 3 aromatic rings. The van der Waals surface area contributed by atoms with E-state index in [2.05, 4.69) is 23.7 Å². The summed E-state index contributed by atoms with van der Waals surface area (Å²) >= 11 is 0. The van der Waals surface area contributed by atoms with Crippen LogP contribution < -0.4 is 4.74 Å². The molecular formula is C27H35N3O3. The number of fused-ring (bicyclic) bond motifs is 5. The molecule has 0 bridgehead atoms. The van der Waals surface area contributed by atoms with Gasteiger partial charge in [0.05, 0.1) is 35.8 Å². The molecule has 176 valence electrons. The molecule has 6 heteroatoms. The Balaban J connectivity index is 1.86. The molecule has 1 aromatic heterocycles. The Hall–Kier alpha value is -2.86. The minimum atomic E-state index is -0.0704. The van der Waals surface area contributed by atoms with Gasteiger partial charge in [-0.2, -0.15) is 0 Å². The number of amides is 1. The van der Waals surface area contributed by atoms with Crippen molar-refractivity contribution in [2.24, 2.45) is 0 Å². The molecule has 0 saturated heterocycles. The Bertz CT molecular complexity index is 1180. The van der Waals surface area contributed by atoms with Gasteiger partial charge < -0.3 is 14.6 Å². The summed E-state index contributed by atoms with van der Waals surface area (Å²) in [6.45, 7) is 6.84. The number of aromatic amines is 1. The molecule has 4 rings (SSSR count). The lowest BCUT2D eigenvalue weighted by Crippen LogP contribution is -2.40. The second-order valence-electron chi connectivity index (χ2n) is 9.09. The fraction of sp³-hybridized carbons (Fsp3) is 0.481. The highest BCUT2D eigenvalue weighted by atomic mass is 16.5. The number of H-pyrrole nitrogens is 1. The van der Waals surface area contributed by atoms with Gasteiger partial charge in [-0.25, -0.2) is 0 Å². The molecule has 0 aliphatic heterocycles. The van der Waals surface area contributed by atoms with Gasteiger partial charge in [-0.05, 0) is 68.5 Å². The topological polar surface area (TPSA) is 65.6 Å². The third kappa shape index (κ3) is 4.12. The Morgan fingerprint density at radius 3 is 2.61 bits per heavy atom. The number of nitrogens with zero attached hydrogens (tertiary/aromatic N) is 2. The van der Waals surface area contributed by atoms with E-state index in [4.69, 9.17) is 4.74 Å². The number of hydrogen-bond acceptors (Lipinski definition) is 4. The van der Waals surface area contributed by atoms with E-state index < -0.39 is 0 Å². The number of carbonyl (C=O) groups is 2. The highest BCUT2D eigenvalue weighted by Crippen LogP contribution is 2.42. The molecule has 0 radical (unpaired) electrons. The van der Waals surface area contributed by atoms with Crippen LogP contribution in [0.15, 0.2) is 18.2 Å². The first-order valence-electron chi connectivity index (χ1n) is 12.1. The fourth-order valence-electron chi connectivity index (χ4n) is 5.33. The average molecular weight is 450 g/mol. The number of methoxy groups -OCH3 is 1. The molecule has 1 aliphatic carbocycles. The summed E-state index contributed by atoms with van der Waals surface area (Å²) in [7, 11) is 3.49. The van der Waals surface area contributed by atoms with Crippen molar-refractivity contribution in [1.29, 1.82) is 0 Å². The molecule has 1 N–H and O–H groups in total. The lowest BCUT2D eigenvalue weighted by atomic mass is 9.92. The molecule has 6 nitrogen and oxygen atoms in total. The summed E-state index contributed by atoms with van der Waals surface area (Å²) < 4.78 is 5.64. The third-order valence-corrected chi connectivity index (χ3v) is 6.82. The predicted octanol–water partition coefficient (Wildman–Crippen LogP) is 5.17. The van der Waals surface area contributed by atoms with Crippen LogP contribution in [0.4, 0.5) is 0 Å². The number of aldehydes is 1. The van der Waals surface area contributed by atoms with Crippen LogP contribution in [0.1, 0.15) is 71.4 Å². The summed E-state index contributed by atoms with van der Waals surface area (Å²) in [6, 6.07) is 5.84. The number of aryl methyl sites for hydroxylation is 1. The van der Waals surface area contributed by atoms with E-state index in [-0.39, 0.29) is 5.91 Å². The molecule has 1 heterocycles. The van der Waals surface area contributed by atoms with Crippen LogP contribution in [0.5, 0.6) is 5.75 Å². The number of aromatic nitrogens is 1. The monoisotopic (exact) mass is 449 g/mol. The lowest BCUT2D eigenvalue weighted by Gasteiger charge is -2.28. The number of carbonyl (C=O) groups excluding carboxylic acids is 2. The van der Waals surface area contributed by atoms with Gasteiger partial charge in [-0.1, -0.05) is 26.3 Å². The SMILES string of the molecule is CCCCN(CCC)CN(C)C(=O)c1c2c(c3[nH]c4cccc(OC)c4c3c1C=O)CCC2. The first kappa shape index (κ1) is 23.3. The van der Waals surface area contributed by atoms with Gasteiger partial charge in [0.25, 0.3) is 5.91 Å². The van der Waals surface area contributed by atoms with Crippen molar-refractivity contribution in [2.45, 2.75) is 52.4 Å². The normalized spacial score (nSPS) is 13.1. The smallest absolute Gasteiger partial charge is 0.255 e. The molecule has 0 saturated carbocycles. The number of hydrogen-bond donors (Lipinski definition) is 1. The fourth-order valence-corrected chi connectivity index (χ4v) is 5.33. The zero-order valence-corrected chi connectivity index (χ0v) is 20.3. The molecule has 1 aliphatic rings. The minimum Gasteiger partial charge on any atom is -0.496 e. The first-order valence-corrected chi connectivity index (χ1v) is 12.1. The van der Waals surface area contributed by atoms with Gasteiger partial charge in [-0.3, -0.25) is 14.5 Å². The van der Waals surface area contributed by atoms with Crippen LogP contribution >= 0.6 is 0 Å². The Morgan fingerprint density at radius 2 is 1.91 bits per heavy atom. The van der Waals surface area contributed by atoms with Crippen molar-refractivity contribution >= 4 is 34.0 Å². The Labute approximate surface area is 195 Å². The van der Waals surface area contributed by atoms with Crippen molar-refractivity contribution < 1.29 is 14.3 Å². The number of benzene rings is 2. The second kappa shape index (κ2) is 9.96. The van der Waals surface area contributed by atoms with Crippen LogP contribution in [0, 0.1) is 0 Å². The van der Waals surface area contributed by atoms with Crippen molar-refractivity contribution in [3.63, 3.8) is 0 Å². The van der Waals surface area contributed by atoms with Gasteiger partial charge in [0, 0.05) is 18.0 Å². The molecule has 0 fully saturated rings. The summed E-state index contributed by atoms with van der Waals surface area (Å²) in [5.41, 5.74) is 5.15. The maximum Gasteiger partial charge on any atom is 0.255 e. The second-order valence-corrected chi connectivity index (χ2v) is 9.09. The Morgan fingerprint density at radius 1 is 1.12 bits per heavy atom. The average Bonchev–Trinajstić information content (AvgIpc) is 3.46. The standard InChI is InChI=1S/C27H35N3O3/c1-5-7-15-30(14-6-2)17-29(3)27(32)23-18-10-8-11-19(18)26-24(20(23)16-31)25-21(28-26)12-9-13-22(25)33-4/h9,12-13,16,28H,5-8,10-11,14-15,17H2,1-4H3. The van der Waals surface area contributed by atoms with Gasteiger partial charge in [0.2, 0.25) is 0 Å². The number of nitrogens with one attached hydrogen (secondary N) is 1. The molecule has 33 heavy (non-hydrogen) atoms. The summed E-state index contributed by atoms with van der Waals surface area (Å²) in [5, 5.41) is 1.69. The van der Waals surface area contributed by atoms with Crippen molar-refractivity contribution in [3.05, 3.63) is 40.5 Å². The van der Waals surface area contributed by atoms with E-state index in [1.807, 2.05) is 25.2 Å². The van der Waals surface area contributed by atoms with Crippen LogP contribution in [-0.4, -0.2) is 60.9 Å². The quantitative estimate of drug-likeness (QED) is 0.342. The van der Waals surface area contributed by atoms with E-state index in [1.54, 1.807) is 12.0 Å². The van der Waals surface area contributed by atoms with E-state index in [1.165, 1.54) is 5.56 Å². The van der Waals surface area contributed by atoms with Crippen LogP contribution in [0.2, 0.25) is 0 Å². The van der Waals surface area contributed by atoms with Crippen molar-refractivity contribution in [3.8, 4) is 5.75 Å². The van der Waals surface area contributed by atoms with E-state index in [0.29, 0.717) is 23.5 Å². The van der Waals surface area contributed by atoms with Gasteiger partial charge >= 0.3 is 0 Å². The van der Waals surface area contributed by atoms with Crippen LogP contribution in [-0.2, 0) is 12.8 Å². The summed E-state index contributed by atoms with van der Waals surface area (Å²) in [6.07, 6.45) is 6.86. The third-order valence-electron chi connectivity index (χ3n) is 6.82. The molecule has 1 amide bonds. The maximum absolute atomic E-state index is 13.9. The van der Waals surface area contributed by atoms with Crippen LogP contribution in [0.25, 0.3) is 21.8 Å². The predicted molar refractivity (Wildman–Crippen MR) is 134 cm³/mol. The molecule has 0 spiro atoms. The molecule has 0 unspecified atom stereocenters. The van der Waals surface area contributed by atoms with Gasteiger partial charge in [0.1, 0.15) is 5.75 Å². The largest absolute Gasteiger partial charge is 0.496 e. The van der Waals surface area contributed by atoms with E-state index in [9.17, 15) is 9.59 Å². The maximum atomic E-state index is 13.9. The molecular weight excluding hydrogens is 414 g/mol. The first-order chi connectivity index (χ1) is 16.0. The minimum absolute atomic E-state index is 0.0704. The van der Waals surface area contributed by atoms with E-state index >= 15 is 0 Å². The zero-order valence-electron chi connectivity index (χ0n) is 20.3. The summed E-state index contributed by atoms with van der Waals surface area (Å²) in [5.74, 6) is 0.638. The molecule has 2 aromatic carbocycles. The van der Waals surface area contributed by atoms with Crippen molar-refractivity contribution in [2.75, 3.05) is 33.9 Å². The van der Waals surface area contributed by atoms with Crippen LogP contribution in [0.3, 0.4) is 0 Å². The molecule has 0 atom stereocenters. The number of rotatable bonds is 10. The summed E-state index contributed by atoms with van der Waals surface area (Å²) in [4.78, 5) is 34.0. The van der Waals surface area contributed by atoms with E-state index in [0.717, 1.165) is 85.3 Å². The Kier molecular flexibility index (Phi) is 7.03. The van der Waals surface area contributed by atoms with Crippen molar-refractivity contribution in [1.82, 2.24) is 14.8 Å². The number of ether oxygens (including phenoxy) is 1. The lowest BCUT2D eigenvalue weighted by molar-refractivity contribution is 0.0679.